The lowest BCUT2D eigenvalue weighted by Gasteiger charge is -2.19. The van der Waals surface area contributed by atoms with Crippen molar-refractivity contribution in [3.63, 3.8) is 0 Å². The van der Waals surface area contributed by atoms with Crippen molar-refractivity contribution in [2.75, 3.05) is 0 Å². The first-order valence-corrected chi connectivity index (χ1v) is 4.00. The normalized spacial score (nSPS) is 20.5. The average Bonchev–Trinajstić information content (AvgIpc) is 1.88. The predicted octanol–water partition coefficient (Wildman–Crippen LogP) is 1.47. The molecule has 1 aliphatic carbocycles. The molecule has 0 aliphatic heterocycles. The van der Waals surface area contributed by atoms with Gasteiger partial charge < -0.3 is 0 Å². The summed E-state index contributed by atoms with van der Waals surface area (Å²) in [7, 11) is 0. The Kier molecular flexibility index (Phi) is 2.72. The van der Waals surface area contributed by atoms with Crippen LogP contribution >= 0.6 is 0 Å². The van der Waals surface area contributed by atoms with Crippen molar-refractivity contribution in [1.82, 2.24) is 5.32 Å². The van der Waals surface area contributed by atoms with E-state index in [0.29, 0.717) is 6.04 Å². The average molecular weight is 140 g/mol. The molecule has 57 valence electrons. The number of amides is 1. The Morgan fingerprint density at radius 2 is 1.90 bits per heavy atom. The highest BCUT2D eigenvalue weighted by Gasteiger charge is 2.14. The van der Waals surface area contributed by atoms with E-state index in [9.17, 15) is 4.79 Å². The first-order valence-electron chi connectivity index (χ1n) is 4.00. The van der Waals surface area contributed by atoms with E-state index in [-0.39, 0.29) is 5.91 Å². The van der Waals surface area contributed by atoms with Gasteiger partial charge in [-0.25, -0.2) is 5.32 Å². The van der Waals surface area contributed by atoms with Crippen LogP contribution < -0.4 is 5.32 Å². The molecule has 0 saturated heterocycles. The molecule has 1 fully saturated rings. The SMILES string of the molecule is CC(=O)[N]C1CCCCC1. The summed E-state index contributed by atoms with van der Waals surface area (Å²) in [5.41, 5.74) is 0. The van der Waals surface area contributed by atoms with Crippen LogP contribution in [0.5, 0.6) is 0 Å². The summed E-state index contributed by atoms with van der Waals surface area (Å²) < 4.78 is 0. The molecule has 0 atom stereocenters. The van der Waals surface area contributed by atoms with E-state index in [0.717, 1.165) is 12.8 Å². The third kappa shape index (κ3) is 2.38. The number of rotatable bonds is 1. The largest absolute Gasteiger partial charge is 0.273 e. The van der Waals surface area contributed by atoms with E-state index in [1.54, 1.807) is 0 Å². The molecule has 0 N–H and O–H groups in total. The Bertz CT molecular complexity index is 116. The van der Waals surface area contributed by atoms with Crippen molar-refractivity contribution >= 4 is 5.91 Å². The molecule has 1 saturated carbocycles. The monoisotopic (exact) mass is 140 g/mol. The van der Waals surface area contributed by atoms with Gasteiger partial charge in [-0.3, -0.25) is 4.79 Å². The van der Waals surface area contributed by atoms with Crippen LogP contribution in [0.1, 0.15) is 39.0 Å². The zero-order valence-electron chi connectivity index (χ0n) is 6.47. The minimum Gasteiger partial charge on any atom is -0.273 e. The molecular formula is C8H14NO. The fraction of sp³-hybridized carbons (Fsp3) is 0.875. The van der Waals surface area contributed by atoms with Gasteiger partial charge >= 0.3 is 0 Å². The molecule has 10 heavy (non-hydrogen) atoms. The van der Waals surface area contributed by atoms with E-state index in [2.05, 4.69) is 5.32 Å². The molecule has 2 heteroatoms. The first-order chi connectivity index (χ1) is 4.79. The van der Waals surface area contributed by atoms with Gasteiger partial charge in [0.2, 0.25) is 5.91 Å². The van der Waals surface area contributed by atoms with E-state index in [1.165, 1.54) is 26.2 Å². The number of carbonyl (C=O) groups excluding carboxylic acids is 1. The highest BCUT2D eigenvalue weighted by molar-refractivity contribution is 5.72. The van der Waals surface area contributed by atoms with Gasteiger partial charge in [0.1, 0.15) is 0 Å². The van der Waals surface area contributed by atoms with Crippen LogP contribution in [-0.4, -0.2) is 11.9 Å². The van der Waals surface area contributed by atoms with Gasteiger partial charge in [0.25, 0.3) is 0 Å². The van der Waals surface area contributed by atoms with Crippen molar-refractivity contribution in [2.24, 2.45) is 0 Å². The minimum atomic E-state index is -0.00750. The molecular weight excluding hydrogens is 126 g/mol. The topological polar surface area (TPSA) is 31.2 Å². The zero-order chi connectivity index (χ0) is 7.40. The molecule has 1 amide bonds. The smallest absolute Gasteiger partial charge is 0.238 e. The Balaban J connectivity index is 2.19. The van der Waals surface area contributed by atoms with Crippen LogP contribution in [-0.2, 0) is 4.79 Å². The van der Waals surface area contributed by atoms with Crippen LogP contribution in [0.4, 0.5) is 0 Å². The van der Waals surface area contributed by atoms with Crippen LogP contribution in [0, 0.1) is 0 Å². The van der Waals surface area contributed by atoms with Crippen molar-refractivity contribution in [2.45, 2.75) is 45.1 Å². The molecule has 0 spiro atoms. The second-order valence-corrected chi connectivity index (χ2v) is 2.94. The van der Waals surface area contributed by atoms with E-state index in [1.807, 2.05) is 0 Å². The quantitative estimate of drug-likeness (QED) is 0.542. The Labute approximate surface area is 62.0 Å². The van der Waals surface area contributed by atoms with Crippen LogP contribution in [0.15, 0.2) is 0 Å². The summed E-state index contributed by atoms with van der Waals surface area (Å²) in [4.78, 5) is 10.5. The third-order valence-electron chi connectivity index (χ3n) is 1.94. The maximum Gasteiger partial charge on any atom is 0.238 e. The summed E-state index contributed by atoms with van der Waals surface area (Å²) in [5.74, 6) is -0.00750. The van der Waals surface area contributed by atoms with Gasteiger partial charge in [-0.05, 0) is 12.8 Å². The summed E-state index contributed by atoms with van der Waals surface area (Å²) in [5, 5.41) is 4.00. The Hall–Kier alpha value is -0.530. The second kappa shape index (κ2) is 3.59. The van der Waals surface area contributed by atoms with Gasteiger partial charge in [0.05, 0.1) is 6.04 Å². The summed E-state index contributed by atoms with van der Waals surface area (Å²) in [6, 6.07) is 0.353. The fourth-order valence-electron chi connectivity index (χ4n) is 1.47. The fourth-order valence-corrected chi connectivity index (χ4v) is 1.47. The lowest BCUT2D eigenvalue weighted by atomic mass is 9.95. The maximum atomic E-state index is 10.5. The molecule has 0 aromatic carbocycles. The first kappa shape index (κ1) is 7.58. The Morgan fingerprint density at radius 3 is 2.40 bits per heavy atom. The van der Waals surface area contributed by atoms with E-state index >= 15 is 0 Å². The van der Waals surface area contributed by atoms with Crippen molar-refractivity contribution in [3.8, 4) is 0 Å². The molecule has 1 aliphatic rings. The lowest BCUT2D eigenvalue weighted by molar-refractivity contribution is -0.120. The van der Waals surface area contributed by atoms with Gasteiger partial charge in [-0.2, -0.15) is 0 Å². The van der Waals surface area contributed by atoms with Gasteiger partial charge in [0.15, 0.2) is 0 Å². The van der Waals surface area contributed by atoms with Gasteiger partial charge in [-0.1, -0.05) is 19.3 Å². The number of hydrogen-bond donors (Lipinski definition) is 0. The molecule has 0 bridgehead atoms. The van der Waals surface area contributed by atoms with Crippen molar-refractivity contribution in [3.05, 3.63) is 0 Å². The summed E-state index contributed by atoms with van der Waals surface area (Å²) in [6.45, 7) is 1.54. The summed E-state index contributed by atoms with van der Waals surface area (Å²) in [6.07, 6.45) is 6.08. The molecule has 0 heterocycles. The van der Waals surface area contributed by atoms with Crippen LogP contribution in [0.3, 0.4) is 0 Å². The number of nitrogens with zero attached hydrogens (tertiary/aromatic N) is 1. The van der Waals surface area contributed by atoms with Gasteiger partial charge in [0, 0.05) is 6.92 Å². The highest BCUT2D eigenvalue weighted by Crippen LogP contribution is 2.17. The van der Waals surface area contributed by atoms with Gasteiger partial charge in [-0.15, -0.1) is 0 Å². The van der Waals surface area contributed by atoms with Crippen LogP contribution in [0.25, 0.3) is 0 Å². The standard InChI is InChI=1S/C8H14NO/c1-7(10)9-8-5-3-2-4-6-8/h8H,2-6H2,1H3. The van der Waals surface area contributed by atoms with Crippen molar-refractivity contribution < 1.29 is 4.79 Å². The number of hydrogen-bond acceptors (Lipinski definition) is 1. The predicted molar refractivity (Wildman–Crippen MR) is 39.7 cm³/mol. The Morgan fingerprint density at radius 1 is 1.30 bits per heavy atom. The lowest BCUT2D eigenvalue weighted by Crippen LogP contribution is -2.27. The zero-order valence-corrected chi connectivity index (χ0v) is 6.47. The molecule has 0 unspecified atom stereocenters. The molecule has 0 aromatic rings. The maximum absolute atomic E-state index is 10.5. The number of carbonyl (C=O) groups is 1. The summed E-state index contributed by atoms with van der Waals surface area (Å²) >= 11 is 0. The van der Waals surface area contributed by atoms with Crippen LogP contribution in [0.2, 0.25) is 0 Å². The molecule has 0 aromatic heterocycles. The molecule has 2 nitrogen and oxygen atoms in total. The molecule has 1 radical (unpaired) electrons. The third-order valence-corrected chi connectivity index (χ3v) is 1.94. The van der Waals surface area contributed by atoms with E-state index < -0.39 is 0 Å². The van der Waals surface area contributed by atoms with E-state index in [4.69, 9.17) is 0 Å². The molecule has 1 rings (SSSR count). The van der Waals surface area contributed by atoms with Crippen molar-refractivity contribution in [1.29, 1.82) is 0 Å². The minimum absolute atomic E-state index is 0.00750. The second-order valence-electron chi connectivity index (χ2n) is 2.94. The highest BCUT2D eigenvalue weighted by atomic mass is 16.1.